The van der Waals surface area contributed by atoms with Crippen LogP contribution < -0.4 is 5.32 Å². The van der Waals surface area contributed by atoms with E-state index in [1.807, 2.05) is 25.1 Å². The van der Waals surface area contributed by atoms with E-state index in [0.717, 1.165) is 45.6 Å². The van der Waals surface area contributed by atoms with Crippen molar-refractivity contribution in [2.24, 2.45) is 0 Å². The molecule has 0 fully saturated rings. The molecule has 2 heterocycles. The van der Waals surface area contributed by atoms with Crippen molar-refractivity contribution in [3.05, 3.63) is 44.9 Å². The highest BCUT2D eigenvalue weighted by Crippen LogP contribution is 2.38. The van der Waals surface area contributed by atoms with Crippen molar-refractivity contribution >= 4 is 39.2 Å². The lowest BCUT2D eigenvalue weighted by molar-refractivity contribution is -0.110. The van der Waals surface area contributed by atoms with Gasteiger partial charge in [0.15, 0.2) is 0 Å². The SMILES string of the molecule is Cc1c(Br)ccc2c1C(=Cc1nc3c([nH]1)CCCC3)C(=O)N2. The molecule has 5 heteroatoms. The Balaban J connectivity index is 1.82. The highest BCUT2D eigenvalue weighted by Gasteiger charge is 2.27. The number of hydrogen-bond donors (Lipinski definition) is 2. The Hall–Kier alpha value is -1.88. The first-order chi connectivity index (χ1) is 10.6. The van der Waals surface area contributed by atoms with Crippen molar-refractivity contribution in [2.45, 2.75) is 32.6 Å². The van der Waals surface area contributed by atoms with Gasteiger partial charge in [0.2, 0.25) is 0 Å². The van der Waals surface area contributed by atoms with Gasteiger partial charge in [0.1, 0.15) is 5.82 Å². The maximum absolute atomic E-state index is 12.3. The molecule has 4 nitrogen and oxygen atoms in total. The number of nitrogens with one attached hydrogen (secondary N) is 2. The Morgan fingerprint density at radius 1 is 1.27 bits per heavy atom. The fourth-order valence-corrected chi connectivity index (χ4v) is 3.59. The molecule has 0 bridgehead atoms. The molecule has 1 aliphatic carbocycles. The van der Waals surface area contributed by atoms with Crippen LogP contribution in [0.1, 0.15) is 41.2 Å². The first kappa shape index (κ1) is 13.8. The Kier molecular flexibility index (Phi) is 3.18. The number of halogens is 1. The number of imidazole rings is 1. The van der Waals surface area contributed by atoms with Gasteiger partial charge in [-0.3, -0.25) is 4.79 Å². The van der Waals surface area contributed by atoms with Gasteiger partial charge in [-0.1, -0.05) is 15.9 Å². The molecular weight excluding hydrogens is 342 g/mol. The minimum absolute atomic E-state index is 0.0643. The minimum Gasteiger partial charge on any atom is -0.342 e. The molecule has 1 amide bonds. The number of hydrogen-bond acceptors (Lipinski definition) is 2. The van der Waals surface area contributed by atoms with Crippen LogP contribution in [0.15, 0.2) is 16.6 Å². The zero-order valence-electron chi connectivity index (χ0n) is 12.3. The van der Waals surface area contributed by atoms with E-state index >= 15 is 0 Å². The molecule has 0 radical (unpaired) electrons. The lowest BCUT2D eigenvalue weighted by atomic mass is 10.0. The normalized spacial score (nSPS) is 18.3. The van der Waals surface area contributed by atoms with Gasteiger partial charge in [0, 0.05) is 21.4 Å². The monoisotopic (exact) mass is 357 g/mol. The van der Waals surface area contributed by atoms with Crippen molar-refractivity contribution in [2.75, 3.05) is 5.32 Å². The lowest BCUT2D eigenvalue weighted by Gasteiger charge is -2.07. The summed E-state index contributed by atoms with van der Waals surface area (Å²) in [6, 6.07) is 3.89. The predicted molar refractivity (Wildman–Crippen MR) is 90.6 cm³/mol. The van der Waals surface area contributed by atoms with E-state index in [1.54, 1.807) is 0 Å². The van der Waals surface area contributed by atoms with E-state index in [9.17, 15) is 4.79 Å². The van der Waals surface area contributed by atoms with Crippen molar-refractivity contribution in [3.8, 4) is 0 Å². The van der Waals surface area contributed by atoms with Crippen LogP contribution in [0.4, 0.5) is 5.69 Å². The highest BCUT2D eigenvalue weighted by molar-refractivity contribution is 9.10. The summed E-state index contributed by atoms with van der Waals surface area (Å²) in [4.78, 5) is 20.3. The third-order valence-corrected chi connectivity index (χ3v) is 5.27. The van der Waals surface area contributed by atoms with E-state index in [-0.39, 0.29) is 5.91 Å². The molecule has 0 saturated carbocycles. The lowest BCUT2D eigenvalue weighted by Crippen LogP contribution is -2.03. The summed E-state index contributed by atoms with van der Waals surface area (Å²) >= 11 is 3.54. The number of nitrogens with zero attached hydrogens (tertiary/aromatic N) is 1. The predicted octanol–water partition coefficient (Wildman–Crippen LogP) is 3.85. The summed E-state index contributed by atoms with van der Waals surface area (Å²) in [5.74, 6) is 0.717. The number of fused-ring (bicyclic) bond motifs is 2. The van der Waals surface area contributed by atoms with Crippen LogP contribution in [0.3, 0.4) is 0 Å². The molecule has 2 aromatic rings. The van der Waals surface area contributed by atoms with Crippen LogP contribution in [0.2, 0.25) is 0 Å². The van der Waals surface area contributed by atoms with Crippen LogP contribution >= 0.6 is 15.9 Å². The van der Waals surface area contributed by atoms with Gasteiger partial charge >= 0.3 is 0 Å². The number of anilines is 1. The van der Waals surface area contributed by atoms with E-state index in [0.29, 0.717) is 5.57 Å². The number of amides is 1. The number of H-pyrrole nitrogens is 1. The highest BCUT2D eigenvalue weighted by atomic mass is 79.9. The van der Waals surface area contributed by atoms with Crippen LogP contribution in [0.25, 0.3) is 11.6 Å². The summed E-state index contributed by atoms with van der Waals surface area (Å²) in [6.45, 7) is 2.02. The van der Waals surface area contributed by atoms with Gasteiger partial charge in [-0.05, 0) is 56.4 Å². The Labute approximate surface area is 137 Å². The second-order valence-electron chi connectivity index (χ2n) is 5.86. The van der Waals surface area contributed by atoms with E-state index < -0.39 is 0 Å². The molecule has 0 atom stereocenters. The topological polar surface area (TPSA) is 57.8 Å². The van der Waals surface area contributed by atoms with Crippen LogP contribution in [-0.4, -0.2) is 15.9 Å². The molecule has 2 N–H and O–H groups in total. The number of aromatic nitrogens is 2. The first-order valence-corrected chi connectivity index (χ1v) is 8.33. The average Bonchev–Trinajstić information content (AvgIpc) is 3.05. The molecule has 22 heavy (non-hydrogen) atoms. The van der Waals surface area contributed by atoms with E-state index in [4.69, 9.17) is 0 Å². The van der Waals surface area contributed by atoms with Crippen LogP contribution in [0, 0.1) is 6.92 Å². The third kappa shape index (κ3) is 2.11. The molecule has 1 aromatic carbocycles. The Bertz CT molecular complexity index is 796. The average molecular weight is 358 g/mol. The summed E-state index contributed by atoms with van der Waals surface area (Å²) in [7, 11) is 0. The zero-order valence-corrected chi connectivity index (χ0v) is 13.9. The second kappa shape index (κ2) is 5.09. The van der Waals surface area contributed by atoms with Gasteiger partial charge in [0.25, 0.3) is 5.91 Å². The fraction of sp³-hybridized carbons (Fsp3) is 0.294. The van der Waals surface area contributed by atoms with Crippen molar-refractivity contribution < 1.29 is 4.79 Å². The molecule has 1 aliphatic heterocycles. The second-order valence-corrected chi connectivity index (χ2v) is 6.72. The summed E-state index contributed by atoms with van der Waals surface area (Å²) in [5, 5.41) is 2.93. The maximum Gasteiger partial charge on any atom is 0.256 e. The third-order valence-electron chi connectivity index (χ3n) is 4.42. The fourth-order valence-electron chi connectivity index (χ4n) is 3.26. The largest absolute Gasteiger partial charge is 0.342 e. The molecule has 0 spiro atoms. The van der Waals surface area contributed by atoms with Crippen molar-refractivity contribution in [1.82, 2.24) is 9.97 Å². The van der Waals surface area contributed by atoms with Crippen molar-refractivity contribution in [3.63, 3.8) is 0 Å². The Morgan fingerprint density at radius 3 is 2.91 bits per heavy atom. The minimum atomic E-state index is -0.0643. The molecule has 1 aromatic heterocycles. The first-order valence-electron chi connectivity index (χ1n) is 7.54. The van der Waals surface area contributed by atoms with Crippen molar-refractivity contribution in [1.29, 1.82) is 0 Å². The molecular formula is C17H16BrN3O. The van der Waals surface area contributed by atoms with E-state index in [1.165, 1.54) is 18.5 Å². The van der Waals surface area contributed by atoms with Gasteiger partial charge in [0.05, 0.1) is 11.3 Å². The number of carbonyl (C=O) groups excluding carboxylic acids is 1. The molecule has 112 valence electrons. The standard InChI is InChI=1S/C17H16BrN3O/c1-9-11(18)6-7-14-16(9)10(17(22)21-14)8-15-19-12-4-2-3-5-13(12)20-15/h6-8H,2-5H2,1H3,(H,19,20)(H,21,22). The molecule has 0 saturated heterocycles. The zero-order chi connectivity index (χ0) is 15.3. The summed E-state index contributed by atoms with van der Waals surface area (Å²) < 4.78 is 1.01. The summed E-state index contributed by atoms with van der Waals surface area (Å²) in [6.07, 6.45) is 6.37. The summed E-state index contributed by atoms with van der Waals surface area (Å²) in [5.41, 5.74) is 5.96. The van der Waals surface area contributed by atoms with Crippen LogP contribution in [0.5, 0.6) is 0 Å². The molecule has 4 rings (SSSR count). The molecule has 2 aliphatic rings. The number of aryl methyl sites for hydroxylation is 2. The molecule has 0 unspecified atom stereocenters. The van der Waals surface area contributed by atoms with E-state index in [2.05, 4.69) is 31.2 Å². The van der Waals surface area contributed by atoms with Gasteiger partial charge in [-0.25, -0.2) is 4.98 Å². The van der Waals surface area contributed by atoms with Gasteiger partial charge in [-0.15, -0.1) is 0 Å². The van der Waals surface area contributed by atoms with Gasteiger partial charge in [-0.2, -0.15) is 0 Å². The number of carbonyl (C=O) groups is 1. The number of benzene rings is 1. The number of aromatic amines is 1. The Morgan fingerprint density at radius 2 is 2.09 bits per heavy atom. The quantitative estimate of drug-likeness (QED) is 0.761. The van der Waals surface area contributed by atoms with Crippen LogP contribution in [-0.2, 0) is 17.6 Å². The maximum atomic E-state index is 12.3. The number of rotatable bonds is 1. The smallest absolute Gasteiger partial charge is 0.256 e. The van der Waals surface area contributed by atoms with Gasteiger partial charge < -0.3 is 10.3 Å².